The Bertz CT molecular complexity index is 427. The molecule has 0 aliphatic rings. The van der Waals surface area contributed by atoms with E-state index in [4.69, 9.17) is 0 Å². The smallest absolute Gasteiger partial charge is 0.352 e. The van der Waals surface area contributed by atoms with E-state index in [1.54, 1.807) is 0 Å². The van der Waals surface area contributed by atoms with Crippen molar-refractivity contribution in [2.24, 2.45) is 5.92 Å². The van der Waals surface area contributed by atoms with Gasteiger partial charge in [-0.2, -0.15) is 13.2 Å². The van der Waals surface area contributed by atoms with Gasteiger partial charge >= 0.3 is 6.18 Å². The van der Waals surface area contributed by atoms with Crippen LogP contribution in [-0.4, -0.2) is 12.5 Å². The maximum Gasteiger partial charge on any atom is 0.417 e. The highest BCUT2D eigenvalue weighted by molar-refractivity contribution is 5.95. The van der Waals surface area contributed by atoms with Crippen LogP contribution in [0.5, 0.6) is 0 Å². The zero-order valence-electron chi connectivity index (χ0n) is 11.1. The lowest BCUT2D eigenvalue weighted by atomic mass is 10.1. The third-order valence-corrected chi connectivity index (χ3v) is 2.72. The van der Waals surface area contributed by atoms with E-state index in [-0.39, 0.29) is 5.56 Å². The number of carbonyl (C=O) groups is 1. The average molecular weight is 273 g/mol. The summed E-state index contributed by atoms with van der Waals surface area (Å²) in [6.45, 7) is 4.50. The Morgan fingerprint density at radius 1 is 1.26 bits per heavy atom. The van der Waals surface area contributed by atoms with E-state index >= 15 is 0 Å². The first-order valence-electron chi connectivity index (χ1n) is 6.26. The summed E-state index contributed by atoms with van der Waals surface area (Å²) in [6, 6.07) is 4.82. The van der Waals surface area contributed by atoms with Gasteiger partial charge in [0.25, 0.3) is 5.91 Å². The van der Waals surface area contributed by atoms with Crippen molar-refractivity contribution in [3.8, 4) is 0 Å². The van der Waals surface area contributed by atoms with Gasteiger partial charge in [0.1, 0.15) is 0 Å². The van der Waals surface area contributed by atoms with Crippen LogP contribution >= 0.6 is 0 Å². The van der Waals surface area contributed by atoms with Crippen molar-refractivity contribution in [1.29, 1.82) is 0 Å². The molecule has 106 valence electrons. The molecular formula is C14H18F3NO. The fourth-order valence-corrected chi connectivity index (χ4v) is 1.74. The van der Waals surface area contributed by atoms with Gasteiger partial charge in [-0.3, -0.25) is 4.79 Å². The summed E-state index contributed by atoms with van der Waals surface area (Å²) in [4.78, 5) is 11.7. The van der Waals surface area contributed by atoms with E-state index in [2.05, 4.69) is 19.2 Å². The Balaban J connectivity index is 2.67. The Morgan fingerprint density at radius 3 is 2.47 bits per heavy atom. The molecule has 0 aromatic heterocycles. The molecular weight excluding hydrogens is 255 g/mol. The third-order valence-electron chi connectivity index (χ3n) is 2.72. The second kappa shape index (κ2) is 6.59. The first kappa shape index (κ1) is 15.5. The van der Waals surface area contributed by atoms with Crippen LogP contribution in [-0.2, 0) is 6.18 Å². The van der Waals surface area contributed by atoms with Gasteiger partial charge in [0.2, 0.25) is 0 Å². The normalized spacial score (nSPS) is 11.7. The lowest BCUT2D eigenvalue weighted by Gasteiger charge is -2.12. The van der Waals surface area contributed by atoms with E-state index in [1.165, 1.54) is 18.2 Å². The quantitative estimate of drug-likeness (QED) is 0.811. The minimum absolute atomic E-state index is 0.320. The molecule has 5 heteroatoms. The summed E-state index contributed by atoms with van der Waals surface area (Å²) in [6.07, 6.45) is -2.81. The predicted octanol–water partition coefficient (Wildman–Crippen LogP) is 3.87. The lowest BCUT2D eigenvalue weighted by molar-refractivity contribution is -0.137. The van der Waals surface area contributed by atoms with Crippen molar-refractivity contribution in [3.05, 3.63) is 35.4 Å². The van der Waals surface area contributed by atoms with Crippen molar-refractivity contribution >= 4 is 5.91 Å². The number of hydrogen-bond donors (Lipinski definition) is 1. The first-order chi connectivity index (χ1) is 8.82. The molecule has 1 N–H and O–H groups in total. The van der Waals surface area contributed by atoms with E-state index in [1.807, 2.05) is 0 Å². The van der Waals surface area contributed by atoms with Gasteiger partial charge in [-0.25, -0.2) is 0 Å². The SMILES string of the molecule is CC(C)CCCNC(=O)c1ccccc1C(F)(F)F. The maximum atomic E-state index is 12.7. The molecule has 1 aromatic rings. The van der Waals surface area contributed by atoms with Crippen LogP contribution in [0.25, 0.3) is 0 Å². The van der Waals surface area contributed by atoms with Crippen LogP contribution in [0.3, 0.4) is 0 Å². The molecule has 2 nitrogen and oxygen atoms in total. The zero-order valence-corrected chi connectivity index (χ0v) is 11.1. The summed E-state index contributed by atoms with van der Waals surface area (Å²) in [7, 11) is 0. The molecule has 0 aliphatic heterocycles. The molecule has 1 rings (SSSR count). The van der Waals surface area contributed by atoms with E-state index in [0.717, 1.165) is 18.9 Å². The standard InChI is InChI=1S/C14H18F3NO/c1-10(2)6-5-9-18-13(19)11-7-3-4-8-12(11)14(15,16)17/h3-4,7-8,10H,5-6,9H2,1-2H3,(H,18,19). The summed E-state index contributed by atoms with van der Waals surface area (Å²) >= 11 is 0. The predicted molar refractivity (Wildman–Crippen MR) is 67.8 cm³/mol. The van der Waals surface area contributed by atoms with E-state index in [0.29, 0.717) is 12.5 Å². The second-order valence-corrected chi connectivity index (χ2v) is 4.84. The molecule has 0 unspecified atom stereocenters. The van der Waals surface area contributed by atoms with Gasteiger partial charge in [0.15, 0.2) is 0 Å². The molecule has 0 saturated carbocycles. The van der Waals surface area contributed by atoms with Crippen LogP contribution in [0, 0.1) is 5.92 Å². The van der Waals surface area contributed by atoms with E-state index < -0.39 is 17.6 Å². The van der Waals surface area contributed by atoms with Gasteiger partial charge in [-0.15, -0.1) is 0 Å². The average Bonchev–Trinajstić information content (AvgIpc) is 2.33. The Labute approximate surface area is 111 Å². The molecule has 19 heavy (non-hydrogen) atoms. The number of nitrogens with one attached hydrogen (secondary N) is 1. The highest BCUT2D eigenvalue weighted by Crippen LogP contribution is 2.31. The van der Waals surface area contributed by atoms with Crippen molar-refractivity contribution in [3.63, 3.8) is 0 Å². The topological polar surface area (TPSA) is 29.1 Å². The van der Waals surface area contributed by atoms with Gasteiger partial charge in [-0.05, 0) is 30.9 Å². The number of halogens is 3. The molecule has 0 radical (unpaired) electrons. The van der Waals surface area contributed by atoms with Crippen molar-refractivity contribution in [1.82, 2.24) is 5.32 Å². The maximum absolute atomic E-state index is 12.7. The lowest BCUT2D eigenvalue weighted by Crippen LogP contribution is -2.27. The first-order valence-corrected chi connectivity index (χ1v) is 6.26. The van der Waals surface area contributed by atoms with Crippen LogP contribution in [0.15, 0.2) is 24.3 Å². The summed E-state index contributed by atoms with van der Waals surface area (Å²) < 4.78 is 38.2. The third kappa shape index (κ3) is 4.93. The van der Waals surface area contributed by atoms with Gasteiger partial charge < -0.3 is 5.32 Å². The number of hydrogen-bond acceptors (Lipinski definition) is 1. The van der Waals surface area contributed by atoms with Crippen LogP contribution in [0.4, 0.5) is 13.2 Å². The monoisotopic (exact) mass is 273 g/mol. The van der Waals surface area contributed by atoms with Gasteiger partial charge in [-0.1, -0.05) is 26.0 Å². The molecule has 1 amide bonds. The number of carbonyl (C=O) groups excluding carboxylic acids is 1. The van der Waals surface area contributed by atoms with Gasteiger partial charge in [0.05, 0.1) is 11.1 Å². The Kier molecular flexibility index (Phi) is 5.39. The van der Waals surface area contributed by atoms with E-state index in [9.17, 15) is 18.0 Å². The van der Waals surface area contributed by atoms with Crippen molar-refractivity contribution in [2.75, 3.05) is 6.54 Å². The van der Waals surface area contributed by atoms with Crippen molar-refractivity contribution in [2.45, 2.75) is 32.9 Å². The summed E-state index contributed by atoms with van der Waals surface area (Å²) in [5.74, 6) is -0.156. The van der Waals surface area contributed by atoms with Crippen LogP contribution in [0.1, 0.15) is 42.6 Å². The molecule has 0 spiro atoms. The molecule has 0 bridgehead atoms. The second-order valence-electron chi connectivity index (χ2n) is 4.84. The van der Waals surface area contributed by atoms with Crippen LogP contribution in [0.2, 0.25) is 0 Å². The summed E-state index contributed by atoms with van der Waals surface area (Å²) in [5, 5.41) is 2.53. The molecule has 1 aromatic carbocycles. The molecule has 0 saturated heterocycles. The minimum atomic E-state index is -4.51. The molecule has 0 atom stereocenters. The molecule has 0 fully saturated rings. The number of alkyl halides is 3. The zero-order chi connectivity index (χ0) is 14.5. The largest absolute Gasteiger partial charge is 0.417 e. The summed E-state index contributed by atoms with van der Waals surface area (Å²) in [5.41, 5.74) is -1.21. The fourth-order valence-electron chi connectivity index (χ4n) is 1.74. The molecule has 0 aliphatic carbocycles. The fraction of sp³-hybridized carbons (Fsp3) is 0.500. The number of benzene rings is 1. The Hall–Kier alpha value is -1.52. The number of amides is 1. The Morgan fingerprint density at radius 2 is 1.89 bits per heavy atom. The minimum Gasteiger partial charge on any atom is -0.352 e. The highest BCUT2D eigenvalue weighted by atomic mass is 19.4. The van der Waals surface area contributed by atoms with Gasteiger partial charge in [0, 0.05) is 6.54 Å². The number of rotatable bonds is 5. The molecule has 0 heterocycles. The van der Waals surface area contributed by atoms with Crippen LogP contribution < -0.4 is 5.32 Å². The highest BCUT2D eigenvalue weighted by Gasteiger charge is 2.34. The van der Waals surface area contributed by atoms with Crippen molar-refractivity contribution < 1.29 is 18.0 Å².